The molecule has 7 heteroatoms. The van der Waals surface area contributed by atoms with E-state index in [9.17, 15) is 14.4 Å². The Labute approximate surface area is 162 Å². The quantitative estimate of drug-likeness (QED) is 0.690. The lowest BCUT2D eigenvalue weighted by Crippen LogP contribution is -2.43. The van der Waals surface area contributed by atoms with E-state index in [1.165, 1.54) is 11.8 Å². The van der Waals surface area contributed by atoms with Gasteiger partial charge in [-0.1, -0.05) is 25.0 Å². The van der Waals surface area contributed by atoms with Crippen LogP contribution in [0.3, 0.4) is 0 Å². The zero-order valence-electron chi connectivity index (χ0n) is 15.2. The van der Waals surface area contributed by atoms with Crippen LogP contribution in [-0.2, 0) is 19.8 Å². The van der Waals surface area contributed by atoms with E-state index in [2.05, 4.69) is 22.0 Å². The van der Waals surface area contributed by atoms with Gasteiger partial charge in [-0.25, -0.2) is 0 Å². The molecule has 1 fully saturated rings. The number of carbonyl (C=O) groups excluding carboxylic acids is 3. The summed E-state index contributed by atoms with van der Waals surface area (Å²) in [6, 6.07) is 10.8. The summed E-state index contributed by atoms with van der Waals surface area (Å²) in [7, 11) is 0. The maximum Gasteiger partial charge on any atom is 0.313 e. The van der Waals surface area contributed by atoms with Gasteiger partial charge in [0.05, 0.1) is 0 Å². The van der Waals surface area contributed by atoms with Crippen molar-refractivity contribution in [2.45, 2.75) is 38.0 Å². The first kappa shape index (κ1) is 19.1. The Morgan fingerprint density at radius 2 is 1.70 bits per heavy atom. The topological polar surface area (TPSA) is 87.3 Å². The standard InChI is InChI=1S/C20H23N3O3S/c1-14(24)22-15-6-4-7-16(12-15)23-19(26)18(25)21-13-20(9-2-3-10-20)17-8-5-11-27-17/h4-8,11-12H,2-3,9-10,13H2,1H3,(H,21,25)(H,22,24)(H,23,26). The molecule has 3 rings (SSSR count). The summed E-state index contributed by atoms with van der Waals surface area (Å²) < 4.78 is 0. The van der Waals surface area contributed by atoms with Gasteiger partial charge in [0.1, 0.15) is 0 Å². The molecule has 3 N–H and O–H groups in total. The molecule has 3 amide bonds. The van der Waals surface area contributed by atoms with Gasteiger partial charge >= 0.3 is 11.8 Å². The van der Waals surface area contributed by atoms with Crippen LogP contribution in [0, 0.1) is 0 Å². The third-order valence-electron chi connectivity index (χ3n) is 4.84. The smallest absolute Gasteiger partial charge is 0.313 e. The second-order valence-corrected chi connectivity index (χ2v) is 7.81. The minimum Gasteiger partial charge on any atom is -0.347 e. The van der Waals surface area contributed by atoms with Crippen LogP contribution in [0.4, 0.5) is 11.4 Å². The molecule has 0 bridgehead atoms. The molecule has 1 heterocycles. The molecule has 1 aromatic heterocycles. The third kappa shape index (κ3) is 4.74. The molecule has 0 aliphatic heterocycles. The third-order valence-corrected chi connectivity index (χ3v) is 5.96. The van der Waals surface area contributed by atoms with Crippen LogP contribution in [0.15, 0.2) is 41.8 Å². The van der Waals surface area contributed by atoms with Gasteiger partial charge in [-0.2, -0.15) is 0 Å². The lowest BCUT2D eigenvalue weighted by molar-refractivity contribution is -0.136. The number of hydrogen-bond acceptors (Lipinski definition) is 4. The average Bonchev–Trinajstić information content (AvgIpc) is 3.31. The van der Waals surface area contributed by atoms with Gasteiger partial charge in [0.15, 0.2) is 0 Å². The fraction of sp³-hybridized carbons (Fsp3) is 0.350. The monoisotopic (exact) mass is 385 g/mol. The Morgan fingerprint density at radius 3 is 2.33 bits per heavy atom. The molecular weight excluding hydrogens is 362 g/mol. The van der Waals surface area contributed by atoms with Gasteiger partial charge < -0.3 is 16.0 Å². The van der Waals surface area contributed by atoms with E-state index in [0.29, 0.717) is 17.9 Å². The lowest BCUT2D eigenvalue weighted by atomic mass is 9.84. The van der Waals surface area contributed by atoms with Crippen molar-refractivity contribution >= 4 is 40.4 Å². The van der Waals surface area contributed by atoms with Gasteiger partial charge in [0.2, 0.25) is 5.91 Å². The molecule has 1 aromatic carbocycles. The van der Waals surface area contributed by atoms with Crippen LogP contribution in [0.5, 0.6) is 0 Å². The van der Waals surface area contributed by atoms with Crippen molar-refractivity contribution < 1.29 is 14.4 Å². The van der Waals surface area contributed by atoms with Crippen molar-refractivity contribution in [1.29, 1.82) is 0 Å². The fourth-order valence-electron chi connectivity index (χ4n) is 3.54. The summed E-state index contributed by atoms with van der Waals surface area (Å²) in [5.74, 6) is -1.57. The highest BCUT2D eigenvalue weighted by atomic mass is 32.1. The molecule has 0 radical (unpaired) electrons. The second-order valence-electron chi connectivity index (χ2n) is 6.86. The summed E-state index contributed by atoms with van der Waals surface area (Å²) >= 11 is 1.70. The Balaban J connectivity index is 1.59. The van der Waals surface area contributed by atoms with E-state index < -0.39 is 11.8 Å². The van der Waals surface area contributed by atoms with Crippen LogP contribution in [0.2, 0.25) is 0 Å². The molecule has 0 spiro atoms. The summed E-state index contributed by atoms with van der Waals surface area (Å²) in [4.78, 5) is 36.9. The zero-order valence-corrected chi connectivity index (χ0v) is 16.0. The summed E-state index contributed by atoms with van der Waals surface area (Å²) in [6.07, 6.45) is 4.31. The first-order valence-electron chi connectivity index (χ1n) is 8.99. The zero-order chi connectivity index (χ0) is 19.3. The first-order valence-corrected chi connectivity index (χ1v) is 9.87. The normalized spacial score (nSPS) is 15.1. The van der Waals surface area contributed by atoms with E-state index in [1.54, 1.807) is 35.6 Å². The van der Waals surface area contributed by atoms with Crippen LogP contribution >= 0.6 is 11.3 Å². The number of nitrogens with one attached hydrogen (secondary N) is 3. The van der Waals surface area contributed by atoms with Crippen LogP contribution in [0.25, 0.3) is 0 Å². The Morgan fingerprint density at radius 1 is 1.00 bits per heavy atom. The maximum absolute atomic E-state index is 12.3. The van der Waals surface area contributed by atoms with Gasteiger partial charge in [-0.05, 0) is 42.5 Å². The largest absolute Gasteiger partial charge is 0.347 e. The molecule has 1 aliphatic rings. The Hall–Kier alpha value is -2.67. The predicted octanol–water partition coefficient (Wildman–Crippen LogP) is 3.27. The Kier molecular flexibility index (Phi) is 5.91. The molecule has 1 saturated carbocycles. The minimum atomic E-state index is -0.714. The van der Waals surface area contributed by atoms with Crippen molar-refractivity contribution in [1.82, 2.24) is 5.32 Å². The van der Waals surface area contributed by atoms with Crippen LogP contribution in [0.1, 0.15) is 37.5 Å². The molecule has 1 aliphatic carbocycles. The first-order chi connectivity index (χ1) is 13.0. The molecule has 27 heavy (non-hydrogen) atoms. The number of rotatable bonds is 5. The Bertz CT molecular complexity index is 827. The average molecular weight is 385 g/mol. The SMILES string of the molecule is CC(=O)Nc1cccc(NC(=O)C(=O)NCC2(c3cccs3)CCCC2)c1. The highest BCUT2D eigenvalue weighted by molar-refractivity contribution is 7.10. The van der Waals surface area contributed by atoms with E-state index in [4.69, 9.17) is 0 Å². The van der Waals surface area contributed by atoms with E-state index in [-0.39, 0.29) is 11.3 Å². The number of benzene rings is 1. The van der Waals surface area contributed by atoms with Gasteiger partial charge in [-0.3, -0.25) is 14.4 Å². The maximum atomic E-state index is 12.3. The number of amides is 3. The van der Waals surface area contributed by atoms with Crippen molar-refractivity contribution in [3.05, 3.63) is 46.7 Å². The van der Waals surface area contributed by atoms with Crippen LogP contribution in [-0.4, -0.2) is 24.3 Å². The molecule has 0 saturated heterocycles. The number of hydrogen-bond donors (Lipinski definition) is 3. The van der Waals surface area contributed by atoms with Crippen molar-refractivity contribution in [3.8, 4) is 0 Å². The molecule has 6 nitrogen and oxygen atoms in total. The lowest BCUT2D eigenvalue weighted by Gasteiger charge is -2.28. The van der Waals surface area contributed by atoms with Crippen molar-refractivity contribution in [2.75, 3.05) is 17.2 Å². The number of carbonyl (C=O) groups is 3. The summed E-state index contributed by atoms with van der Waals surface area (Å²) in [6.45, 7) is 1.87. The molecule has 0 atom stereocenters. The van der Waals surface area contributed by atoms with Crippen LogP contribution < -0.4 is 16.0 Å². The number of thiophene rings is 1. The van der Waals surface area contributed by atoms with Crippen molar-refractivity contribution in [3.63, 3.8) is 0 Å². The van der Waals surface area contributed by atoms with Gasteiger partial charge in [0.25, 0.3) is 0 Å². The predicted molar refractivity (Wildman–Crippen MR) is 107 cm³/mol. The molecule has 0 unspecified atom stereocenters. The number of anilines is 2. The van der Waals surface area contributed by atoms with Crippen molar-refractivity contribution in [2.24, 2.45) is 0 Å². The molecule has 142 valence electrons. The van der Waals surface area contributed by atoms with E-state index >= 15 is 0 Å². The highest BCUT2D eigenvalue weighted by Gasteiger charge is 2.37. The molecular formula is C20H23N3O3S. The summed E-state index contributed by atoms with van der Waals surface area (Å²) in [5.41, 5.74) is 0.952. The summed E-state index contributed by atoms with van der Waals surface area (Å²) in [5, 5.41) is 10.1. The second kappa shape index (κ2) is 8.35. The molecule has 2 aromatic rings. The van der Waals surface area contributed by atoms with E-state index in [0.717, 1.165) is 25.7 Å². The highest BCUT2D eigenvalue weighted by Crippen LogP contribution is 2.42. The van der Waals surface area contributed by atoms with E-state index in [1.807, 2.05) is 11.4 Å². The van der Waals surface area contributed by atoms with Gasteiger partial charge in [0, 0.05) is 35.1 Å². The van der Waals surface area contributed by atoms with Gasteiger partial charge in [-0.15, -0.1) is 11.3 Å². The minimum absolute atomic E-state index is 0.0601. The fourth-order valence-corrected chi connectivity index (χ4v) is 4.53.